The Kier molecular flexibility index (Phi) is 5.76. The number of esters is 1. The summed E-state index contributed by atoms with van der Waals surface area (Å²) in [6.45, 7) is 2.13. The molecule has 2 aromatic carbocycles. The fraction of sp³-hybridized carbons (Fsp3) is 0.136. The van der Waals surface area contributed by atoms with E-state index in [4.69, 9.17) is 9.57 Å². The molecular formula is C22H19N3O4S. The fourth-order valence-corrected chi connectivity index (χ4v) is 3.56. The molecule has 0 aliphatic rings. The summed E-state index contributed by atoms with van der Waals surface area (Å²) >= 11 is 1.54. The zero-order valence-electron chi connectivity index (χ0n) is 16.2. The van der Waals surface area contributed by atoms with E-state index in [9.17, 15) is 9.59 Å². The average Bonchev–Trinajstić information content (AvgIpc) is 3.22. The van der Waals surface area contributed by atoms with Crippen LogP contribution in [0.1, 0.15) is 22.8 Å². The minimum absolute atomic E-state index is 0.191. The van der Waals surface area contributed by atoms with Gasteiger partial charge in [-0.1, -0.05) is 30.3 Å². The molecule has 30 heavy (non-hydrogen) atoms. The Bertz CT molecular complexity index is 1230. The van der Waals surface area contributed by atoms with E-state index in [0.29, 0.717) is 11.4 Å². The van der Waals surface area contributed by atoms with Gasteiger partial charge in [0.25, 0.3) is 5.56 Å². The number of anilines is 2. The van der Waals surface area contributed by atoms with Gasteiger partial charge >= 0.3 is 5.97 Å². The summed E-state index contributed by atoms with van der Waals surface area (Å²) < 4.78 is 7.26. The quantitative estimate of drug-likeness (QED) is 0.454. The molecule has 152 valence electrons. The van der Waals surface area contributed by atoms with Crippen molar-refractivity contribution in [3.63, 3.8) is 0 Å². The Morgan fingerprint density at radius 2 is 2.00 bits per heavy atom. The SMILES string of the molecule is CCOC(=O)c1cn(OCc2ccccc2)c(=O)cc1Nc1ccc2scnc2c1. The van der Waals surface area contributed by atoms with Crippen molar-refractivity contribution in [3.05, 3.63) is 87.8 Å². The van der Waals surface area contributed by atoms with Gasteiger partial charge in [-0.3, -0.25) is 4.79 Å². The summed E-state index contributed by atoms with van der Waals surface area (Å²) in [5.41, 5.74) is 4.35. The first-order valence-corrected chi connectivity index (χ1v) is 10.2. The van der Waals surface area contributed by atoms with Crippen LogP contribution in [-0.4, -0.2) is 22.3 Å². The number of thiazole rings is 1. The van der Waals surface area contributed by atoms with Gasteiger partial charge in [0.05, 0.1) is 34.2 Å². The lowest BCUT2D eigenvalue weighted by molar-refractivity contribution is 0.0514. The number of pyridine rings is 1. The molecule has 2 aromatic heterocycles. The largest absolute Gasteiger partial charge is 0.462 e. The summed E-state index contributed by atoms with van der Waals surface area (Å²) in [4.78, 5) is 35.0. The summed E-state index contributed by atoms with van der Waals surface area (Å²) in [5, 5.41) is 3.13. The molecule has 0 spiro atoms. The summed E-state index contributed by atoms with van der Waals surface area (Å²) in [6.07, 6.45) is 1.35. The molecule has 0 aliphatic carbocycles. The highest BCUT2D eigenvalue weighted by molar-refractivity contribution is 7.16. The first kappa shape index (κ1) is 19.7. The zero-order chi connectivity index (χ0) is 20.9. The minimum atomic E-state index is -0.549. The van der Waals surface area contributed by atoms with Gasteiger partial charge in [0, 0.05) is 11.8 Å². The molecule has 7 nitrogen and oxygen atoms in total. The van der Waals surface area contributed by atoms with Crippen molar-refractivity contribution in [2.45, 2.75) is 13.5 Å². The average molecular weight is 421 g/mol. The lowest BCUT2D eigenvalue weighted by Gasteiger charge is -2.15. The highest BCUT2D eigenvalue weighted by Crippen LogP contribution is 2.25. The molecule has 4 aromatic rings. The van der Waals surface area contributed by atoms with Gasteiger partial charge < -0.3 is 14.9 Å². The first-order valence-electron chi connectivity index (χ1n) is 9.35. The van der Waals surface area contributed by atoms with Crippen molar-refractivity contribution in [2.24, 2.45) is 0 Å². The van der Waals surface area contributed by atoms with Crippen LogP contribution in [0, 0.1) is 0 Å². The van der Waals surface area contributed by atoms with Gasteiger partial charge in [0.2, 0.25) is 0 Å². The van der Waals surface area contributed by atoms with E-state index in [2.05, 4.69) is 10.3 Å². The normalized spacial score (nSPS) is 10.7. The van der Waals surface area contributed by atoms with E-state index < -0.39 is 11.5 Å². The van der Waals surface area contributed by atoms with E-state index in [1.54, 1.807) is 23.8 Å². The molecule has 8 heteroatoms. The molecule has 0 unspecified atom stereocenters. The summed E-state index contributed by atoms with van der Waals surface area (Å²) in [7, 11) is 0. The van der Waals surface area contributed by atoms with Crippen molar-refractivity contribution in [1.82, 2.24) is 9.71 Å². The number of fused-ring (bicyclic) bond motifs is 1. The highest BCUT2D eigenvalue weighted by Gasteiger charge is 2.17. The Balaban J connectivity index is 1.65. The molecule has 0 bridgehead atoms. The lowest BCUT2D eigenvalue weighted by Crippen LogP contribution is -2.28. The molecule has 0 atom stereocenters. The van der Waals surface area contributed by atoms with Crippen molar-refractivity contribution >= 4 is 38.9 Å². The maximum Gasteiger partial charge on any atom is 0.341 e. The maximum atomic E-state index is 12.6. The van der Waals surface area contributed by atoms with Crippen LogP contribution in [0.2, 0.25) is 0 Å². The number of carbonyl (C=O) groups excluding carboxylic acids is 1. The van der Waals surface area contributed by atoms with E-state index in [1.165, 1.54) is 12.3 Å². The standard InChI is InChI=1S/C22H19N3O4S/c1-2-28-22(27)17-12-25(29-13-15-6-4-3-5-7-15)21(26)11-18(17)24-16-8-9-20-19(10-16)23-14-30-20/h3-12,14,24H,2,13H2,1H3. The van der Waals surface area contributed by atoms with Crippen LogP contribution < -0.4 is 15.7 Å². The zero-order valence-corrected chi connectivity index (χ0v) is 17.0. The molecule has 1 N–H and O–H groups in total. The van der Waals surface area contributed by atoms with Crippen LogP contribution in [0.3, 0.4) is 0 Å². The monoisotopic (exact) mass is 421 g/mol. The van der Waals surface area contributed by atoms with E-state index in [1.807, 2.05) is 48.5 Å². The highest BCUT2D eigenvalue weighted by atomic mass is 32.1. The van der Waals surface area contributed by atoms with Gasteiger partial charge in [-0.05, 0) is 30.7 Å². The summed E-state index contributed by atoms with van der Waals surface area (Å²) in [6, 6.07) is 16.4. The van der Waals surface area contributed by atoms with Crippen LogP contribution in [0.25, 0.3) is 10.2 Å². The maximum absolute atomic E-state index is 12.6. The van der Waals surface area contributed by atoms with Crippen molar-refractivity contribution in [3.8, 4) is 0 Å². The lowest BCUT2D eigenvalue weighted by atomic mass is 10.2. The number of benzene rings is 2. The Hall–Kier alpha value is -3.65. The second kappa shape index (κ2) is 8.79. The third-order valence-electron chi connectivity index (χ3n) is 4.34. The number of hydrogen-bond acceptors (Lipinski definition) is 7. The number of hydrogen-bond donors (Lipinski definition) is 1. The molecule has 0 fully saturated rings. The predicted octanol–water partition coefficient (Wildman–Crippen LogP) is 4.01. The number of carbonyl (C=O) groups is 1. The molecular weight excluding hydrogens is 402 g/mol. The smallest absolute Gasteiger partial charge is 0.341 e. The molecule has 0 saturated heterocycles. The predicted molar refractivity (Wildman–Crippen MR) is 116 cm³/mol. The molecule has 0 radical (unpaired) electrons. The van der Waals surface area contributed by atoms with Crippen molar-refractivity contribution in [1.29, 1.82) is 0 Å². The van der Waals surface area contributed by atoms with Crippen molar-refractivity contribution < 1.29 is 14.4 Å². The van der Waals surface area contributed by atoms with Gasteiger partial charge in [-0.25, -0.2) is 9.78 Å². The first-order chi connectivity index (χ1) is 14.6. The Morgan fingerprint density at radius 1 is 1.17 bits per heavy atom. The minimum Gasteiger partial charge on any atom is -0.462 e. The van der Waals surface area contributed by atoms with Crippen LogP contribution in [0.15, 0.2) is 71.1 Å². The molecule has 4 rings (SSSR count). The molecule has 0 aliphatic heterocycles. The van der Waals surface area contributed by atoms with Gasteiger partial charge in [-0.15, -0.1) is 11.3 Å². The summed E-state index contributed by atoms with van der Waals surface area (Å²) in [5.74, 6) is -0.549. The fourth-order valence-electron chi connectivity index (χ4n) is 2.90. The van der Waals surface area contributed by atoms with E-state index >= 15 is 0 Å². The second-order valence-corrected chi connectivity index (χ2v) is 7.29. The van der Waals surface area contributed by atoms with Gasteiger partial charge in [0.1, 0.15) is 12.2 Å². The van der Waals surface area contributed by atoms with Gasteiger partial charge in [0.15, 0.2) is 0 Å². The molecule has 0 saturated carbocycles. The van der Waals surface area contributed by atoms with Crippen LogP contribution >= 0.6 is 11.3 Å². The van der Waals surface area contributed by atoms with Crippen LogP contribution in [0.4, 0.5) is 11.4 Å². The van der Waals surface area contributed by atoms with Crippen LogP contribution in [0.5, 0.6) is 0 Å². The number of ether oxygens (including phenoxy) is 1. The number of rotatable bonds is 7. The third kappa shape index (κ3) is 4.33. The van der Waals surface area contributed by atoms with E-state index in [-0.39, 0.29) is 18.8 Å². The Morgan fingerprint density at radius 3 is 2.80 bits per heavy atom. The number of aromatic nitrogens is 2. The van der Waals surface area contributed by atoms with Crippen LogP contribution in [-0.2, 0) is 11.3 Å². The van der Waals surface area contributed by atoms with Gasteiger partial charge in [-0.2, -0.15) is 4.73 Å². The van der Waals surface area contributed by atoms with Crippen molar-refractivity contribution in [2.75, 3.05) is 11.9 Å². The molecule has 2 heterocycles. The number of nitrogens with zero attached hydrogens (tertiary/aromatic N) is 2. The third-order valence-corrected chi connectivity index (χ3v) is 5.15. The number of nitrogens with one attached hydrogen (secondary N) is 1. The Labute approximate surface area is 176 Å². The topological polar surface area (TPSA) is 82.5 Å². The van der Waals surface area contributed by atoms with E-state index in [0.717, 1.165) is 20.5 Å². The molecule has 0 amide bonds. The second-order valence-electron chi connectivity index (χ2n) is 6.40.